The highest BCUT2D eigenvalue weighted by molar-refractivity contribution is 5.98. The summed E-state index contributed by atoms with van der Waals surface area (Å²) in [4.78, 5) is 13.3. The van der Waals surface area contributed by atoms with Crippen LogP contribution in [0.2, 0.25) is 0 Å². The van der Waals surface area contributed by atoms with Gasteiger partial charge in [-0.1, -0.05) is 48.5 Å². The van der Waals surface area contributed by atoms with Crippen LogP contribution in [0.5, 0.6) is 0 Å². The van der Waals surface area contributed by atoms with Crippen LogP contribution < -0.4 is 5.32 Å². The van der Waals surface area contributed by atoms with Crippen LogP contribution in [0.3, 0.4) is 0 Å². The third-order valence-electron chi connectivity index (χ3n) is 5.20. The Morgan fingerprint density at radius 1 is 0.967 bits per heavy atom. The number of hydrogen-bond donors (Lipinski definition) is 1. The lowest BCUT2D eigenvalue weighted by atomic mass is 10.1. The van der Waals surface area contributed by atoms with E-state index in [9.17, 15) is 4.79 Å². The number of carbonyl (C=O) groups is 1. The van der Waals surface area contributed by atoms with Crippen molar-refractivity contribution in [3.05, 3.63) is 102 Å². The summed E-state index contributed by atoms with van der Waals surface area (Å²) in [6, 6.07) is 24.2. The number of aryl methyl sites for hydroxylation is 2. The standard InChI is InChI=1S/C25H26N4O/c1-19(15-16-21-11-5-3-6-12-21)26-24(30)23-20(2)27-29(22-13-7-4-8-14-22)25(23)28-17-9-10-18-28/h3-14,17-19H,15-16H2,1-2H3,(H,26,30)/t19-/m1/s1. The Morgan fingerprint density at radius 2 is 1.60 bits per heavy atom. The molecule has 1 N–H and O–H groups in total. The molecule has 1 amide bonds. The molecule has 5 heteroatoms. The zero-order chi connectivity index (χ0) is 20.9. The molecule has 0 aliphatic carbocycles. The Hall–Kier alpha value is -3.60. The number of benzene rings is 2. The molecule has 1 atom stereocenters. The summed E-state index contributed by atoms with van der Waals surface area (Å²) in [6.07, 6.45) is 5.67. The quantitative estimate of drug-likeness (QED) is 0.490. The molecule has 2 aromatic carbocycles. The van der Waals surface area contributed by atoms with Crippen molar-refractivity contribution in [2.45, 2.75) is 32.7 Å². The van der Waals surface area contributed by atoms with Gasteiger partial charge < -0.3 is 9.88 Å². The fourth-order valence-electron chi connectivity index (χ4n) is 3.64. The van der Waals surface area contributed by atoms with Gasteiger partial charge in [0.1, 0.15) is 5.56 Å². The van der Waals surface area contributed by atoms with Crippen molar-refractivity contribution in [2.75, 3.05) is 0 Å². The van der Waals surface area contributed by atoms with Crippen LogP contribution in [0.15, 0.2) is 85.2 Å². The second kappa shape index (κ2) is 8.82. The maximum absolute atomic E-state index is 13.3. The van der Waals surface area contributed by atoms with E-state index in [-0.39, 0.29) is 11.9 Å². The van der Waals surface area contributed by atoms with Crippen molar-refractivity contribution in [3.63, 3.8) is 0 Å². The molecular formula is C25H26N4O. The van der Waals surface area contributed by atoms with Crippen molar-refractivity contribution in [1.82, 2.24) is 19.7 Å². The minimum atomic E-state index is -0.0982. The fourth-order valence-corrected chi connectivity index (χ4v) is 3.64. The summed E-state index contributed by atoms with van der Waals surface area (Å²) in [5, 5.41) is 7.86. The van der Waals surface area contributed by atoms with Crippen molar-refractivity contribution >= 4 is 5.91 Å². The monoisotopic (exact) mass is 398 g/mol. The molecule has 0 saturated carbocycles. The molecule has 30 heavy (non-hydrogen) atoms. The van der Waals surface area contributed by atoms with Crippen LogP contribution in [-0.4, -0.2) is 26.3 Å². The third-order valence-corrected chi connectivity index (χ3v) is 5.20. The number of aromatic nitrogens is 3. The molecule has 152 valence electrons. The second-order valence-corrected chi connectivity index (χ2v) is 7.52. The average molecular weight is 399 g/mol. The normalized spacial score (nSPS) is 11.9. The number of rotatable bonds is 7. The SMILES string of the molecule is Cc1nn(-c2ccccc2)c(-n2cccc2)c1C(=O)N[C@H](C)CCc1ccccc1. The molecule has 2 aromatic heterocycles. The van der Waals surface area contributed by atoms with Crippen molar-refractivity contribution in [3.8, 4) is 11.5 Å². The van der Waals surface area contributed by atoms with Crippen LogP contribution >= 0.6 is 0 Å². The zero-order valence-corrected chi connectivity index (χ0v) is 17.3. The minimum absolute atomic E-state index is 0.0506. The molecule has 2 heterocycles. The van der Waals surface area contributed by atoms with Gasteiger partial charge in [0.05, 0.1) is 11.4 Å². The van der Waals surface area contributed by atoms with E-state index < -0.39 is 0 Å². The molecule has 0 spiro atoms. The summed E-state index contributed by atoms with van der Waals surface area (Å²) in [7, 11) is 0. The molecular weight excluding hydrogens is 372 g/mol. The van der Waals surface area contributed by atoms with E-state index in [2.05, 4.69) is 17.4 Å². The number of nitrogens with zero attached hydrogens (tertiary/aromatic N) is 3. The molecule has 4 rings (SSSR count). The highest BCUT2D eigenvalue weighted by atomic mass is 16.1. The van der Waals surface area contributed by atoms with Crippen molar-refractivity contribution in [2.24, 2.45) is 0 Å². The summed E-state index contributed by atoms with van der Waals surface area (Å²) < 4.78 is 3.77. The highest BCUT2D eigenvalue weighted by Crippen LogP contribution is 2.23. The predicted octanol–water partition coefficient (Wildman–Crippen LogP) is 4.72. The van der Waals surface area contributed by atoms with E-state index >= 15 is 0 Å². The van der Waals surface area contributed by atoms with E-state index in [0.29, 0.717) is 11.3 Å². The summed E-state index contributed by atoms with van der Waals surface area (Å²) in [5.41, 5.74) is 3.50. The number of nitrogens with one attached hydrogen (secondary N) is 1. The van der Waals surface area contributed by atoms with Crippen LogP contribution in [-0.2, 0) is 6.42 Å². The van der Waals surface area contributed by atoms with Gasteiger partial charge in [0.2, 0.25) is 0 Å². The van der Waals surface area contributed by atoms with E-state index in [1.54, 1.807) is 0 Å². The summed E-state index contributed by atoms with van der Waals surface area (Å²) in [5.74, 6) is 0.649. The third kappa shape index (κ3) is 4.20. The molecule has 0 fully saturated rings. The predicted molar refractivity (Wildman–Crippen MR) is 119 cm³/mol. The molecule has 5 nitrogen and oxygen atoms in total. The zero-order valence-electron chi connectivity index (χ0n) is 17.3. The topological polar surface area (TPSA) is 51.9 Å². The van der Waals surface area contributed by atoms with Crippen LogP contribution in [0.4, 0.5) is 0 Å². The second-order valence-electron chi connectivity index (χ2n) is 7.52. The molecule has 4 aromatic rings. The number of para-hydroxylation sites is 1. The number of carbonyl (C=O) groups excluding carboxylic acids is 1. The Morgan fingerprint density at radius 3 is 2.27 bits per heavy atom. The first-order valence-corrected chi connectivity index (χ1v) is 10.3. The van der Waals surface area contributed by atoms with Crippen LogP contribution in [0.1, 0.15) is 35.0 Å². The van der Waals surface area contributed by atoms with Gasteiger partial charge in [0.15, 0.2) is 5.82 Å². The van der Waals surface area contributed by atoms with Gasteiger partial charge in [-0.3, -0.25) is 4.79 Å². The van der Waals surface area contributed by atoms with E-state index in [1.165, 1.54) is 5.56 Å². The summed E-state index contributed by atoms with van der Waals surface area (Å²) in [6.45, 7) is 3.93. The lowest BCUT2D eigenvalue weighted by Crippen LogP contribution is -2.33. The van der Waals surface area contributed by atoms with Gasteiger partial charge in [0.25, 0.3) is 5.91 Å². The molecule has 0 radical (unpaired) electrons. The summed E-state index contributed by atoms with van der Waals surface area (Å²) >= 11 is 0. The molecule has 0 aliphatic rings. The van der Waals surface area contributed by atoms with Gasteiger partial charge in [-0.2, -0.15) is 5.10 Å². The minimum Gasteiger partial charge on any atom is -0.349 e. The van der Waals surface area contributed by atoms with Crippen molar-refractivity contribution < 1.29 is 4.79 Å². The molecule has 0 aliphatic heterocycles. The smallest absolute Gasteiger partial charge is 0.257 e. The largest absolute Gasteiger partial charge is 0.349 e. The lowest BCUT2D eigenvalue weighted by molar-refractivity contribution is 0.0938. The molecule has 0 unspecified atom stereocenters. The first-order chi connectivity index (χ1) is 14.6. The van der Waals surface area contributed by atoms with E-state index in [1.807, 2.05) is 96.2 Å². The maximum Gasteiger partial charge on any atom is 0.257 e. The van der Waals surface area contributed by atoms with Crippen LogP contribution in [0, 0.1) is 6.92 Å². The number of hydrogen-bond acceptors (Lipinski definition) is 2. The highest BCUT2D eigenvalue weighted by Gasteiger charge is 2.24. The van der Waals surface area contributed by atoms with Gasteiger partial charge >= 0.3 is 0 Å². The number of amides is 1. The van der Waals surface area contributed by atoms with Gasteiger partial charge in [0, 0.05) is 18.4 Å². The van der Waals surface area contributed by atoms with E-state index in [4.69, 9.17) is 5.10 Å². The Labute approximate surface area is 177 Å². The van der Waals surface area contributed by atoms with Crippen LogP contribution in [0.25, 0.3) is 11.5 Å². The maximum atomic E-state index is 13.3. The first-order valence-electron chi connectivity index (χ1n) is 10.3. The van der Waals surface area contributed by atoms with Gasteiger partial charge in [-0.05, 0) is 56.5 Å². The molecule has 0 bridgehead atoms. The average Bonchev–Trinajstić information content (AvgIpc) is 3.41. The Bertz CT molecular complexity index is 1100. The first kappa shape index (κ1) is 19.7. The molecule has 0 saturated heterocycles. The van der Waals surface area contributed by atoms with E-state index in [0.717, 1.165) is 24.3 Å². The Kier molecular flexibility index (Phi) is 5.80. The van der Waals surface area contributed by atoms with Crippen molar-refractivity contribution in [1.29, 1.82) is 0 Å². The van der Waals surface area contributed by atoms with Gasteiger partial charge in [-0.15, -0.1) is 0 Å². The Balaban J connectivity index is 1.60. The fraction of sp³-hybridized carbons (Fsp3) is 0.200. The lowest BCUT2D eigenvalue weighted by Gasteiger charge is -2.15. The van der Waals surface area contributed by atoms with Gasteiger partial charge in [-0.25, -0.2) is 4.68 Å².